The summed E-state index contributed by atoms with van der Waals surface area (Å²) in [5, 5.41) is 3.09. The number of nitrogens with one attached hydrogen (secondary N) is 1. The summed E-state index contributed by atoms with van der Waals surface area (Å²) >= 11 is 0. The van der Waals surface area contributed by atoms with Gasteiger partial charge in [0.2, 0.25) is 5.91 Å². The summed E-state index contributed by atoms with van der Waals surface area (Å²) in [6, 6.07) is 14.5. The Morgan fingerprint density at radius 3 is 2.54 bits per heavy atom. The van der Waals surface area contributed by atoms with Gasteiger partial charge in [-0.15, -0.1) is 0 Å². The van der Waals surface area contributed by atoms with Gasteiger partial charge in [-0.2, -0.15) is 0 Å². The van der Waals surface area contributed by atoms with Crippen LogP contribution in [0.4, 0.5) is 4.39 Å². The zero-order valence-electron chi connectivity index (χ0n) is 16.7. The summed E-state index contributed by atoms with van der Waals surface area (Å²) in [5.41, 5.74) is 2.20. The molecule has 5 heteroatoms. The summed E-state index contributed by atoms with van der Waals surface area (Å²) in [6.07, 6.45) is 1.69. The first-order valence-corrected chi connectivity index (χ1v) is 9.97. The first kappa shape index (κ1) is 20.3. The van der Waals surface area contributed by atoms with E-state index in [2.05, 4.69) is 10.2 Å². The molecule has 0 radical (unpaired) electrons. The molecule has 4 nitrogen and oxygen atoms in total. The number of piperidine rings is 1. The molecule has 1 saturated heterocycles. The van der Waals surface area contributed by atoms with Crippen molar-refractivity contribution < 1.29 is 13.9 Å². The van der Waals surface area contributed by atoms with Crippen molar-refractivity contribution in [3.05, 3.63) is 65.5 Å². The van der Waals surface area contributed by atoms with Crippen molar-refractivity contribution in [2.24, 2.45) is 5.92 Å². The van der Waals surface area contributed by atoms with Crippen molar-refractivity contribution in [2.75, 3.05) is 19.7 Å². The highest BCUT2D eigenvalue weighted by Gasteiger charge is 2.25. The molecule has 0 bridgehead atoms. The zero-order chi connectivity index (χ0) is 19.9. The fraction of sp³-hybridized carbons (Fsp3) is 0.435. The molecule has 150 valence electrons. The fourth-order valence-corrected chi connectivity index (χ4v) is 3.54. The van der Waals surface area contributed by atoms with Gasteiger partial charge >= 0.3 is 0 Å². The SMILES string of the molecule is Cc1ccccc1OCC(C)NC(=O)C1CCN(Cc2ccc(F)cc2)CC1. The first-order chi connectivity index (χ1) is 13.5. The van der Waals surface area contributed by atoms with Crippen LogP contribution in [0.15, 0.2) is 48.5 Å². The number of hydrogen-bond acceptors (Lipinski definition) is 3. The normalized spacial score (nSPS) is 16.5. The van der Waals surface area contributed by atoms with Crippen molar-refractivity contribution in [3.8, 4) is 5.75 Å². The average molecular weight is 384 g/mol. The van der Waals surface area contributed by atoms with Crippen LogP contribution in [0, 0.1) is 18.7 Å². The lowest BCUT2D eigenvalue weighted by molar-refractivity contribution is -0.127. The Labute approximate surface area is 166 Å². The maximum absolute atomic E-state index is 13.0. The van der Waals surface area contributed by atoms with Gasteiger partial charge < -0.3 is 10.1 Å². The molecule has 0 aromatic heterocycles. The molecule has 1 aliphatic rings. The Morgan fingerprint density at radius 2 is 1.86 bits per heavy atom. The minimum Gasteiger partial charge on any atom is -0.491 e. The summed E-state index contributed by atoms with van der Waals surface area (Å²) in [6.45, 7) is 7.00. The molecular weight excluding hydrogens is 355 g/mol. The topological polar surface area (TPSA) is 41.6 Å². The number of para-hydroxylation sites is 1. The smallest absolute Gasteiger partial charge is 0.223 e. The quantitative estimate of drug-likeness (QED) is 0.786. The highest BCUT2D eigenvalue weighted by atomic mass is 19.1. The van der Waals surface area contributed by atoms with Gasteiger partial charge in [0.15, 0.2) is 0 Å². The van der Waals surface area contributed by atoms with E-state index >= 15 is 0 Å². The van der Waals surface area contributed by atoms with Crippen molar-refractivity contribution in [3.63, 3.8) is 0 Å². The zero-order valence-corrected chi connectivity index (χ0v) is 16.7. The molecular formula is C23H29FN2O2. The first-order valence-electron chi connectivity index (χ1n) is 9.97. The van der Waals surface area contributed by atoms with E-state index in [0.717, 1.165) is 49.4 Å². The van der Waals surface area contributed by atoms with Gasteiger partial charge in [-0.1, -0.05) is 30.3 Å². The number of amides is 1. The van der Waals surface area contributed by atoms with Crippen molar-refractivity contribution in [2.45, 2.75) is 39.3 Å². The monoisotopic (exact) mass is 384 g/mol. The second-order valence-corrected chi connectivity index (χ2v) is 7.66. The number of carbonyl (C=O) groups excluding carboxylic acids is 1. The third kappa shape index (κ3) is 5.80. The number of benzene rings is 2. The standard InChI is InChI=1S/C23H29FN2O2/c1-17-5-3-4-6-22(17)28-16-18(2)25-23(27)20-11-13-26(14-12-20)15-19-7-9-21(24)10-8-19/h3-10,18,20H,11-16H2,1-2H3,(H,25,27). The number of rotatable bonds is 7. The van der Waals surface area contributed by atoms with E-state index in [0.29, 0.717) is 6.61 Å². The Bertz CT molecular complexity index is 770. The van der Waals surface area contributed by atoms with Crippen molar-refractivity contribution in [1.29, 1.82) is 0 Å². The van der Waals surface area contributed by atoms with Crippen LogP contribution in [0.2, 0.25) is 0 Å². The van der Waals surface area contributed by atoms with Gasteiger partial charge in [0.05, 0.1) is 6.04 Å². The minimum absolute atomic E-state index is 0.0376. The molecule has 1 fully saturated rings. The third-order valence-electron chi connectivity index (χ3n) is 5.25. The molecule has 1 amide bonds. The molecule has 1 unspecified atom stereocenters. The number of likely N-dealkylation sites (tertiary alicyclic amines) is 1. The predicted octanol–water partition coefficient (Wildman–Crippen LogP) is 3.93. The number of hydrogen-bond donors (Lipinski definition) is 1. The van der Waals surface area contributed by atoms with Crippen LogP contribution in [-0.2, 0) is 11.3 Å². The molecule has 0 spiro atoms. The van der Waals surface area contributed by atoms with E-state index in [1.54, 1.807) is 0 Å². The van der Waals surface area contributed by atoms with E-state index in [9.17, 15) is 9.18 Å². The Balaban J connectivity index is 1.39. The second-order valence-electron chi connectivity index (χ2n) is 7.66. The van der Waals surface area contributed by atoms with E-state index in [4.69, 9.17) is 4.74 Å². The molecule has 1 N–H and O–H groups in total. The van der Waals surface area contributed by atoms with E-state index in [1.165, 1.54) is 12.1 Å². The van der Waals surface area contributed by atoms with Crippen LogP contribution in [-0.4, -0.2) is 36.5 Å². The summed E-state index contributed by atoms with van der Waals surface area (Å²) < 4.78 is 18.8. The van der Waals surface area contributed by atoms with E-state index in [-0.39, 0.29) is 23.7 Å². The fourth-order valence-electron chi connectivity index (χ4n) is 3.54. The molecule has 2 aromatic carbocycles. The Morgan fingerprint density at radius 1 is 1.18 bits per heavy atom. The van der Waals surface area contributed by atoms with E-state index in [1.807, 2.05) is 50.2 Å². The van der Waals surface area contributed by atoms with E-state index < -0.39 is 0 Å². The number of ether oxygens (including phenoxy) is 1. The van der Waals surface area contributed by atoms with Crippen LogP contribution in [0.25, 0.3) is 0 Å². The number of aryl methyl sites for hydroxylation is 1. The molecule has 2 aromatic rings. The van der Waals surface area contributed by atoms with Gasteiger partial charge in [0.1, 0.15) is 18.2 Å². The average Bonchev–Trinajstić information content (AvgIpc) is 2.69. The van der Waals surface area contributed by atoms with Gasteiger partial charge in [-0.3, -0.25) is 9.69 Å². The van der Waals surface area contributed by atoms with Gasteiger partial charge in [0, 0.05) is 12.5 Å². The Kier molecular flexibility index (Phi) is 7.04. The maximum Gasteiger partial charge on any atom is 0.223 e. The number of nitrogens with zero attached hydrogens (tertiary/aromatic N) is 1. The summed E-state index contributed by atoms with van der Waals surface area (Å²) in [7, 11) is 0. The van der Waals surface area contributed by atoms with Gasteiger partial charge in [-0.25, -0.2) is 4.39 Å². The lowest BCUT2D eigenvalue weighted by atomic mass is 9.95. The van der Waals surface area contributed by atoms with Crippen molar-refractivity contribution >= 4 is 5.91 Å². The van der Waals surface area contributed by atoms with Crippen LogP contribution < -0.4 is 10.1 Å². The minimum atomic E-state index is -0.209. The molecule has 1 aliphatic heterocycles. The van der Waals surface area contributed by atoms with Crippen LogP contribution in [0.1, 0.15) is 30.9 Å². The molecule has 0 aliphatic carbocycles. The number of carbonyl (C=O) groups is 1. The van der Waals surface area contributed by atoms with Crippen molar-refractivity contribution in [1.82, 2.24) is 10.2 Å². The van der Waals surface area contributed by atoms with Gasteiger partial charge in [-0.05, 0) is 69.1 Å². The second kappa shape index (κ2) is 9.69. The summed E-state index contributed by atoms with van der Waals surface area (Å²) in [4.78, 5) is 14.9. The largest absolute Gasteiger partial charge is 0.491 e. The lowest BCUT2D eigenvalue weighted by Crippen LogP contribution is -2.44. The highest BCUT2D eigenvalue weighted by molar-refractivity contribution is 5.79. The molecule has 1 atom stereocenters. The predicted molar refractivity (Wildman–Crippen MR) is 109 cm³/mol. The lowest BCUT2D eigenvalue weighted by Gasteiger charge is -2.31. The molecule has 3 rings (SSSR count). The third-order valence-corrected chi connectivity index (χ3v) is 5.25. The maximum atomic E-state index is 13.0. The Hall–Kier alpha value is -2.40. The van der Waals surface area contributed by atoms with Gasteiger partial charge in [0.25, 0.3) is 0 Å². The molecule has 0 saturated carbocycles. The summed E-state index contributed by atoms with van der Waals surface area (Å²) in [5.74, 6) is 0.810. The van der Waals surface area contributed by atoms with Crippen LogP contribution in [0.3, 0.4) is 0 Å². The van der Waals surface area contributed by atoms with Crippen LogP contribution >= 0.6 is 0 Å². The molecule has 28 heavy (non-hydrogen) atoms. The molecule has 1 heterocycles. The number of halogens is 1. The highest BCUT2D eigenvalue weighted by Crippen LogP contribution is 2.20. The van der Waals surface area contributed by atoms with Crippen LogP contribution in [0.5, 0.6) is 5.75 Å².